The lowest BCUT2D eigenvalue weighted by atomic mass is 10.0. The summed E-state index contributed by atoms with van der Waals surface area (Å²) in [6.07, 6.45) is 1.25. The van der Waals surface area contributed by atoms with Crippen molar-refractivity contribution < 1.29 is 0 Å². The molecule has 0 aliphatic carbocycles. The molecule has 0 fully saturated rings. The summed E-state index contributed by atoms with van der Waals surface area (Å²) in [5.74, 6) is 1.24. The van der Waals surface area contributed by atoms with Crippen LogP contribution in [-0.4, -0.2) is 18.1 Å². The van der Waals surface area contributed by atoms with E-state index in [-0.39, 0.29) is 0 Å². The van der Waals surface area contributed by atoms with E-state index in [1.54, 1.807) is 0 Å². The maximum atomic E-state index is 3.41. The normalized spacial score (nSPS) is 14.9. The average molecular weight is 223 g/mol. The Kier molecular flexibility index (Phi) is 5.81. The average Bonchev–Trinajstić information content (AvgIpc) is 2.29. The Morgan fingerprint density at radius 1 is 1.27 bits per heavy atom. The van der Waals surface area contributed by atoms with E-state index in [9.17, 15) is 0 Å². The summed E-state index contributed by atoms with van der Waals surface area (Å²) in [6, 6.07) is 11.1. The Bertz CT molecular complexity index is 260. The Morgan fingerprint density at radius 3 is 2.47 bits per heavy atom. The fraction of sp³-hybridized carbons (Fsp3) is 0.538. The molecule has 2 unspecified atom stereocenters. The first-order chi connectivity index (χ1) is 7.29. The molecule has 1 nitrogen and oxygen atoms in total. The van der Waals surface area contributed by atoms with Gasteiger partial charge in [0.2, 0.25) is 0 Å². The minimum atomic E-state index is 0.461. The molecule has 2 atom stereocenters. The van der Waals surface area contributed by atoms with Crippen molar-refractivity contribution in [3.05, 3.63) is 35.9 Å². The maximum Gasteiger partial charge on any atom is 0.0435 e. The minimum absolute atomic E-state index is 0.461. The molecule has 1 aromatic carbocycles. The summed E-state index contributed by atoms with van der Waals surface area (Å²) in [4.78, 5) is 0. The van der Waals surface area contributed by atoms with Crippen LogP contribution in [0.3, 0.4) is 0 Å². The van der Waals surface area contributed by atoms with Crippen LogP contribution in [-0.2, 0) is 0 Å². The highest BCUT2D eigenvalue weighted by Crippen LogP contribution is 2.26. The number of hydrogen-bond acceptors (Lipinski definition) is 2. The van der Waals surface area contributed by atoms with Gasteiger partial charge in [-0.1, -0.05) is 44.2 Å². The smallest absolute Gasteiger partial charge is 0.0435 e. The first-order valence-electron chi connectivity index (χ1n) is 5.63. The zero-order valence-corrected chi connectivity index (χ0v) is 10.7. The van der Waals surface area contributed by atoms with Crippen LogP contribution in [0.4, 0.5) is 0 Å². The third-order valence-corrected chi connectivity index (χ3v) is 3.97. The van der Waals surface area contributed by atoms with Crippen LogP contribution in [0, 0.1) is 0 Å². The van der Waals surface area contributed by atoms with Crippen molar-refractivity contribution >= 4 is 11.8 Å². The third kappa shape index (κ3) is 3.88. The molecule has 0 aliphatic rings. The van der Waals surface area contributed by atoms with Gasteiger partial charge < -0.3 is 5.32 Å². The van der Waals surface area contributed by atoms with E-state index >= 15 is 0 Å². The van der Waals surface area contributed by atoms with Gasteiger partial charge in [0.1, 0.15) is 0 Å². The van der Waals surface area contributed by atoms with Crippen LogP contribution in [0.1, 0.15) is 31.9 Å². The highest BCUT2D eigenvalue weighted by atomic mass is 32.2. The van der Waals surface area contributed by atoms with Crippen LogP contribution in [0.15, 0.2) is 30.3 Å². The van der Waals surface area contributed by atoms with Crippen LogP contribution >= 0.6 is 11.8 Å². The molecule has 84 valence electrons. The van der Waals surface area contributed by atoms with Crippen molar-refractivity contribution in [1.29, 1.82) is 0 Å². The van der Waals surface area contributed by atoms with E-state index in [2.05, 4.69) is 49.5 Å². The Labute approximate surface area is 97.7 Å². The molecule has 0 aliphatic heterocycles. The van der Waals surface area contributed by atoms with Crippen molar-refractivity contribution in [2.24, 2.45) is 0 Å². The van der Waals surface area contributed by atoms with Crippen LogP contribution in [0.2, 0.25) is 0 Å². The van der Waals surface area contributed by atoms with E-state index in [1.807, 2.05) is 18.8 Å². The molecule has 0 saturated carbocycles. The zero-order chi connectivity index (χ0) is 11.1. The second kappa shape index (κ2) is 6.91. The lowest BCUT2D eigenvalue weighted by Crippen LogP contribution is -2.25. The molecule has 0 aromatic heterocycles. The summed E-state index contributed by atoms with van der Waals surface area (Å²) < 4.78 is 0. The highest BCUT2D eigenvalue weighted by molar-refractivity contribution is 7.99. The number of benzene rings is 1. The summed E-state index contributed by atoms with van der Waals surface area (Å²) in [5, 5.41) is 4.03. The van der Waals surface area contributed by atoms with E-state index in [0.29, 0.717) is 11.3 Å². The first-order valence-corrected chi connectivity index (χ1v) is 6.68. The monoisotopic (exact) mass is 223 g/mol. The van der Waals surface area contributed by atoms with Crippen LogP contribution in [0.5, 0.6) is 0 Å². The highest BCUT2D eigenvalue weighted by Gasteiger charge is 2.16. The van der Waals surface area contributed by atoms with Gasteiger partial charge in [0.25, 0.3) is 0 Å². The van der Waals surface area contributed by atoms with Gasteiger partial charge in [0.05, 0.1) is 0 Å². The first kappa shape index (κ1) is 12.6. The summed E-state index contributed by atoms with van der Waals surface area (Å²) >= 11 is 2.04. The molecule has 1 aromatic rings. The molecule has 0 saturated heterocycles. The fourth-order valence-electron chi connectivity index (χ4n) is 1.73. The number of rotatable bonds is 6. The van der Waals surface area contributed by atoms with Gasteiger partial charge in [-0.3, -0.25) is 0 Å². The molecular weight excluding hydrogens is 202 g/mol. The topological polar surface area (TPSA) is 12.0 Å². The molecule has 15 heavy (non-hydrogen) atoms. The molecule has 0 spiro atoms. The van der Waals surface area contributed by atoms with E-state index in [1.165, 1.54) is 17.7 Å². The van der Waals surface area contributed by atoms with E-state index in [4.69, 9.17) is 0 Å². The van der Waals surface area contributed by atoms with Gasteiger partial charge in [0.15, 0.2) is 0 Å². The Hall–Kier alpha value is -0.470. The van der Waals surface area contributed by atoms with Gasteiger partial charge in [-0.2, -0.15) is 11.8 Å². The van der Waals surface area contributed by atoms with Crippen molar-refractivity contribution in [2.75, 3.05) is 12.8 Å². The van der Waals surface area contributed by atoms with Gasteiger partial charge in [-0.15, -0.1) is 0 Å². The quantitative estimate of drug-likeness (QED) is 0.792. The lowest BCUT2D eigenvalue weighted by molar-refractivity contribution is 0.589. The maximum absolute atomic E-state index is 3.41. The molecule has 0 bridgehead atoms. The standard InChI is InChI=1S/C13H21NS/c1-4-10-15-11(2)13(14-3)12-8-6-5-7-9-12/h5-9,11,13-14H,4,10H2,1-3H3. The molecule has 1 N–H and O–H groups in total. The molecule has 1 rings (SSSR count). The third-order valence-electron chi connectivity index (χ3n) is 2.52. The van der Waals surface area contributed by atoms with Crippen molar-refractivity contribution in [3.8, 4) is 0 Å². The van der Waals surface area contributed by atoms with Gasteiger partial charge >= 0.3 is 0 Å². The van der Waals surface area contributed by atoms with Crippen molar-refractivity contribution in [3.63, 3.8) is 0 Å². The van der Waals surface area contributed by atoms with Gasteiger partial charge in [-0.25, -0.2) is 0 Å². The zero-order valence-electron chi connectivity index (χ0n) is 9.86. The van der Waals surface area contributed by atoms with Crippen molar-refractivity contribution in [1.82, 2.24) is 5.32 Å². The molecule has 0 amide bonds. The van der Waals surface area contributed by atoms with Gasteiger partial charge in [0, 0.05) is 11.3 Å². The fourth-order valence-corrected chi connectivity index (χ4v) is 2.83. The number of hydrogen-bond donors (Lipinski definition) is 1. The van der Waals surface area contributed by atoms with Crippen LogP contribution < -0.4 is 5.32 Å². The molecular formula is C13H21NS. The molecule has 2 heteroatoms. The minimum Gasteiger partial charge on any atom is -0.312 e. The largest absolute Gasteiger partial charge is 0.312 e. The summed E-state index contributed by atoms with van der Waals surface area (Å²) in [7, 11) is 2.04. The van der Waals surface area contributed by atoms with E-state index in [0.717, 1.165) is 0 Å². The molecule has 0 heterocycles. The number of thioether (sulfide) groups is 1. The molecule has 0 radical (unpaired) electrons. The van der Waals surface area contributed by atoms with Crippen LogP contribution in [0.25, 0.3) is 0 Å². The van der Waals surface area contributed by atoms with Crippen molar-refractivity contribution in [2.45, 2.75) is 31.6 Å². The second-order valence-electron chi connectivity index (χ2n) is 3.75. The Morgan fingerprint density at radius 2 is 1.93 bits per heavy atom. The Balaban J connectivity index is 2.63. The summed E-state index contributed by atoms with van der Waals surface area (Å²) in [6.45, 7) is 4.53. The lowest BCUT2D eigenvalue weighted by Gasteiger charge is -2.23. The SMILES string of the molecule is CCCSC(C)C(NC)c1ccccc1. The van der Waals surface area contributed by atoms with Gasteiger partial charge in [-0.05, 0) is 24.8 Å². The predicted octanol–water partition coefficient (Wildman–Crippen LogP) is 3.48. The number of nitrogens with one attached hydrogen (secondary N) is 1. The predicted molar refractivity (Wildman–Crippen MR) is 70.5 cm³/mol. The second-order valence-corrected chi connectivity index (χ2v) is 5.24. The summed E-state index contributed by atoms with van der Waals surface area (Å²) in [5.41, 5.74) is 1.39. The van der Waals surface area contributed by atoms with E-state index < -0.39 is 0 Å².